The number of hydrogen-bond donors (Lipinski definition) is 1. The number of rotatable bonds is 4. The Morgan fingerprint density at radius 3 is 2.70 bits per heavy atom. The van der Waals surface area contributed by atoms with Crippen LogP contribution in [0.2, 0.25) is 0 Å². The van der Waals surface area contributed by atoms with Crippen LogP contribution >= 0.6 is 0 Å². The van der Waals surface area contributed by atoms with E-state index in [4.69, 9.17) is 13.6 Å². The quantitative estimate of drug-likeness (QED) is 0.531. The average molecular weight is 367 g/mol. The van der Waals surface area contributed by atoms with Crippen LogP contribution in [-0.2, 0) is 4.74 Å². The standard InChI is InChI=1S/C19H14FN3O4/c1-25-17(24)10-6-12(9-2-3-9)16-14(7-10)22-19(27-16)23-18-21-13-8-11(20)4-5-15(13)26-18/h4-9H,2-3H2,1H3,(H,21,22,23). The first-order valence-corrected chi connectivity index (χ1v) is 8.46. The molecular formula is C19H14FN3O4. The Kier molecular flexibility index (Phi) is 3.40. The van der Waals surface area contributed by atoms with Crippen LogP contribution in [-0.4, -0.2) is 23.0 Å². The van der Waals surface area contributed by atoms with E-state index < -0.39 is 11.8 Å². The van der Waals surface area contributed by atoms with Crippen LogP contribution in [0.5, 0.6) is 0 Å². The molecule has 0 spiro atoms. The number of methoxy groups -OCH3 is 1. The van der Waals surface area contributed by atoms with Gasteiger partial charge < -0.3 is 13.6 Å². The SMILES string of the molecule is COC(=O)c1cc(C2CC2)c2oc(Nc3nc4cc(F)ccc4o3)nc2c1. The number of carbonyl (C=O) groups is 1. The Bertz CT molecular complexity index is 1190. The number of fused-ring (bicyclic) bond motifs is 2. The third-order valence-corrected chi connectivity index (χ3v) is 4.52. The molecular weight excluding hydrogens is 353 g/mol. The highest BCUT2D eigenvalue weighted by Crippen LogP contribution is 2.44. The topological polar surface area (TPSA) is 90.4 Å². The lowest BCUT2D eigenvalue weighted by molar-refractivity contribution is 0.0601. The number of halogens is 1. The lowest BCUT2D eigenvalue weighted by atomic mass is 10.1. The number of nitrogens with zero attached hydrogens (tertiary/aromatic N) is 2. The molecule has 27 heavy (non-hydrogen) atoms. The number of esters is 1. The summed E-state index contributed by atoms with van der Waals surface area (Å²) in [6.45, 7) is 0. The molecule has 8 heteroatoms. The van der Waals surface area contributed by atoms with Gasteiger partial charge in [0.15, 0.2) is 11.2 Å². The zero-order valence-electron chi connectivity index (χ0n) is 14.3. The maximum absolute atomic E-state index is 13.3. The molecule has 2 aromatic carbocycles. The molecule has 0 saturated heterocycles. The molecule has 0 radical (unpaired) electrons. The summed E-state index contributed by atoms with van der Waals surface area (Å²) in [6, 6.07) is 7.83. The molecule has 2 heterocycles. The van der Waals surface area contributed by atoms with Crippen molar-refractivity contribution in [1.82, 2.24) is 9.97 Å². The minimum Gasteiger partial charge on any atom is -0.465 e. The van der Waals surface area contributed by atoms with Gasteiger partial charge in [-0.15, -0.1) is 0 Å². The summed E-state index contributed by atoms with van der Waals surface area (Å²) in [5.41, 5.74) is 3.37. The largest absolute Gasteiger partial charge is 0.465 e. The molecule has 0 atom stereocenters. The first kappa shape index (κ1) is 15.8. The van der Waals surface area contributed by atoms with Gasteiger partial charge in [0, 0.05) is 11.6 Å². The van der Waals surface area contributed by atoms with E-state index in [9.17, 15) is 9.18 Å². The van der Waals surface area contributed by atoms with Crippen molar-refractivity contribution < 1.29 is 22.8 Å². The van der Waals surface area contributed by atoms with E-state index in [1.165, 1.54) is 25.3 Å². The van der Waals surface area contributed by atoms with E-state index in [0.29, 0.717) is 33.7 Å². The third-order valence-electron chi connectivity index (χ3n) is 4.52. The maximum atomic E-state index is 13.3. The number of oxazole rings is 2. The van der Waals surface area contributed by atoms with Crippen molar-refractivity contribution in [3.8, 4) is 0 Å². The van der Waals surface area contributed by atoms with Crippen molar-refractivity contribution in [2.75, 3.05) is 12.4 Å². The van der Waals surface area contributed by atoms with Gasteiger partial charge in [0.1, 0.15) is 16.9 Å². The van der Waals surface area contributed by atoms with Gasteiger partial charge >= 0.3 is 18.0 Å². The number of anilines is 2. The minimum absolute atomic E-state index is 0.142. The lowest BCUT2D eigenvalue weighted by Crippen LogP contribution is -2.02. The molecule has 1 saturated carbocycles. The van der Waals surface area contributed by atoms with Gasteiger partial charge in [-0.05, 0) is 43.0 Å². The molecule has 7 nitrogen and oxygen atoms in total. The Labute approximate surface area is 152 Å². The number of benzene rings is 2. The van der Waals surface area contributed by atoms with E-state index in [1.54, 1.807) is 12.1 Å². The van der Waals surface area contributed by atoms with Crippen molar-refractivity contribution in [3.05, 3.63) is 47.3 Å². The molecule has 0 unspecified atom stereocenters. The van der Waals surface area contributed by atoms with Crippen molar-refractivity contribution in [3.63, 3.8) is 0 Å². The third kappa shape index (κ3) is 2.79. The van der Waals surface area contributed by atoms with Gasteiger partial charge in [0.25, 0.3) is 0 Å². The number of hydrogen-bond acceptors (Lipinski definition) is 7. The van der Waals surface area contributed by atoms with E-state index in [-0.39, 0.29) is 12.0 Å². The summed E-state index contributed by atoms with van der Waals surface area (Å²) in [6.07, 6.45) is 2.08. The Morgan fingerprint density at radius 2 is 1.93 bits per heavy atom. The van der Waals surface area contributed by atoms with Crippen LogP contribution in [0.4, 0.5) is 16.4 Å². The van der Waals surface area contributed by atoms with Crippen LogP contribution in [0.1, 0.15) is 34.7 Å². The number of ether oxygens (including phenoxy) is 1. The normalized spacial score (nSPS) is 14.0. The summed E-state index contributed by atoms with van der Waals surface area (Å²) in [5.74, 6) is -0.462. The van der Waals surface area contributed by atoms with Gasteiger partial charge in [-0.1, -0.05) is 0 Å². The predicted octanol–water partition coefficient (Wildman–Crippen LogP) is 4.52. The Morgan fingerprint density at radius 1 is 1.15 bits per heavy atom. The van der Waals surface area contributed by atoms with Gasteiger partial charge in [-0.25, -0.2) is 9.18 Å². The van der Waals surface area contributed by atoms with E-state index in [2.05, 4.69) is 15.3 Å². The van der Waals surface area contributed by atoms with Crippen LogP contribution < -0.4 is 5.32 Å². The highest BCUT2D eigenvalue weighted by molar-refractivity contribution is 5.95. The summed E-state index contributed by atoms with van der Waals surface area (Å²) >= 11 is 0. The van der Waals surface area contributed by atoms with Gasteiger partial charge in [0.05, 0.1) is 12.7 Å². The second-order valence-electron chi connectivity index (χ2n) is 6.45. The van der Waals surface area contributed by atoms with E-state index >= 15 is 0 Å². The molecule has 0 aliphatic heterocycles. The number of aromatic nitrogens is 2. The zero-order chi connectivity index (χ0) is 18.5. The van der Waals surface area contributed by atoms with Crippen molar-refractivity contribution >= 4 is 40.2 Å². The zero-order valence-corrected chi connectivity index (χ0v) is 14.3. The lowest BCUT2D eigenvalue weighted by Gasteiger charge is -2.03. The maximum Gasteiger partial charge on any atom is 0.337 e. The fraction of sp³-hybridized carbons (Fsp3) is 0.211. The second kappa shape index (κ2) is 5.80. The highest BCUT2D eigenvalue weighted by atomic mass is 19.1. The fourth-order valence-corrected chi connectivity index (χ4v) is 3.09. The van der Waals surface area contributed by atoms with Crippen molar-refractivity contribution in [2.45, 2.75) is 18.8 Å². The van der Waals surface area contributed by atoms with Crippen LogP contribution in [0.25, 0.3) is 22.2 Å². The Balaban J connectivity index is 1.55. The molecule has 4 aromatic rings. The molecule has 2 aromatic heterocycles. The molecule has 1 fully saturated rings. The predicted molar refractivity (Wildman–Crippen MR) is 94.6 cm³/mol. The Hall–Kier alpha value is -3.42. The summed E-state index contributed by atoms with van der Waals surface area (Å²) < 4.78 is 29.5. The first-order valence-electron chi connectivity index (χ1n) is 8.46. The molecule has 5 rings (SSSR count). The molecule has 1 aliphatic rings. The van der Waals surface area contributed by atoms with Gasteiger partial charge in [0.2, 0.25) is 0 Å². The van der Waals surface area contributed by atoms with Gasteiger partial charge in [-0.2, -0.15) is 9.97 Å². The van der Waals surface area contributed by atoms with E-state index in [0.717, 1.165) is 18.4 Å². The first-order chi connectivity index (χ1) is 13.1. The summed E-state index contributed by atoms with van der Waals surface area (Å²) in [7, 11) is 1.34. The average Bonchev–Trinajstić information content (AvgIpc) is 3.30. The fourth-order valence-electron chi connectivity index (χ4n) is 3.09. The van der Waals surface area contributed by atoms with Crippen molar-refractivity contribution in [1.29, 1.82) is 0 Å². The smallest absolute Gasteiger partial charge is 0.337 e. The van der Waals surface area contributed by atoms with Crippen LogP contribution in [0.15, 0.2) is 39.2 Å². The molecule has 1 N–H and O–H groups in total. The minimum atomic E-state index is -0.419. The monoisotopic (exact) mass is 367 g/mol. The number of nitrogens with one attached hydrogen (secondary N) is 1. The molecule has 136 valence electrons. The summed E-state index contributed by atoms with van der Waals surface area (Å²) in [5, 5.41) is 2.86. The van der Waals surface area contributed by atoms with Crippen LogP contribution in [0, 0.1) is 5.82 Å². The molecule has 0 amide bonds. The highest BCUT2D eigenvalue weighted by Gasteiger charge is 2.29. The number of carbonyl (C=O) groups excluding carboxylic acids is 1. The second-order valence-corrected chi connectivity index (χ2v) is 6.45. The van der Waals surface area contributed by atoms with Crippen LogP contribution in [0.3, 0.4) is 0 Å². The molecule has 1 aliphatic carbocycles. The van der Waals surface area contributed by atoms with Crippen molar-refractivity contribution in [2.24, 2.45) is 0 Å². The molecule has 0 bridgehead atoms. The van der Waals surface area contributed by atoms with Gasteiger partial charge in [-0.3, -0.25) is 5.32 Å². The van der Waals surface area contributed by atoms with E-state index in [1.807, 2.05) is 0 Å². The summed E-state index contributed by atoms with van der Waals surface area (Å²) in [4.78, 5) is 20.5.